The molecule has 0 bridgehead atoms. The predicted molar refractivity (Wildman–Crippen MR) is 148 cm³/mol. The minimum Gasteiger partial charge on any atom is -0.465 e. The van der Waals surface area contributed by atoms with Gasteiger partial charge >= 0.3 is 6.09 Å². The third-order valence-corrected chi connectivity index (χ3v) is 9.95. The van der Waals surface area contributed by atoms with Crippen LogP contribution in [0.3, 0.4) is 0 Å². The Balaban J connectivity index is 1.28. The number of carboxylic acid groups (broad SMARTS) is 1. The van der Waals surface area contributed by atoms with E-state index >= 15 is 0 Å². The summed E-state index contributed by atoms with van der Waals surface area (Å²) in [6.45, 7) is 7.07. The molecule has 2 saturated heterocycles. The van der Waals surface area contributed by atoms with E-state index in [1.165, 1.54) is 28.7 Å². The second-order valence-corrected chi connectivity index (χ2v) is 12.5. The van der Waals surface area contributed by atoms with Gasteiger partial charge in [0.15, 0.2) is 0 Å². The zero-order valence-electron chi connectivity index (χ0n) is 22.8. The van der Waals surface area contributed by atoms with E-state index in [-0.39, 0.29) is 23.4 Å². The second kappa shape index (κ2) is 10.0. The molecular formula is C32H41N3O3. The molecule has 6 rings (SSSR count). The molecule has 2 heterocycles. The zero-order valence-corrected chi connectivity index (χ0v) is 22.8. The largest absolute Gasteiger partial charge is 0.465 e. The van der Waals surface area contributed by atoms with Crippen LogP contribution in [0.1, 0.15) is 92.6 Å². The lowest BCUT2D eigenvalue weighted by Gasteiger charge is -2.58. The van der Waals surface area contributed by atoms with Crippen LogP contribution in [0.4, 0.5) is 4.79 Å². The van der Waals surface area contributed by atoms with E-state index < -0.39 is 6.09 Å². The van der Waals surface area contributed by atoms with Crippen molar-refractivity contribution in [2.45, 2.75) is 82.8 Å². The molecule has 6 nitrogen and oxygen atoms in total. The summed E-state index contributed by atoms with van der Waals surface area (Å²) in [5.74, 6) is 0.646. The van der Waals surface area contributed by atoms with Crippen molar-refractivity contribution < 1.29 is 14.7 Å². The Hall–Kier alpha value is -2.86. The highest BCUT2D eigenvalue weighted by Gasteiger charge is 2.52. The topological polar surface area (TPSA) is 64.1 Å². The number of piperazine rings is 1. The van der Waals surface area contributed by atoms with Gasteiger partial charge in [0.2, 0.25) is 5.91 Å². The van der Waals surface area contributed by atoms with Gasteiger partial charge in [0.25, 0.3) is 0 Å². The van der Waals surface area contributed by atoms with Gasteiger partial charge in [-0.1, -0.05) is 62.4 Å². The molecule has 1 spiro atoms. The van der Waals surface area contributed by atoms with Gasteiger partial charge in [0, 0.05) is 31.7 Å². The van der Waals surface area contributed by atoms with Gasteiger partial charge < -0.3 is 14.9 Å². The fourth-order valence-electron chi connectivity index (χ4n) is 7.91. The molecule has 2 aliphatic heterocycles. The molecule has 202 valence electrons. The standard InChI is InChI=1S/C32H41N3O3/c1-22(2)25-10-5-6-12-27(25)29-20-34(28-13-7-9-23-8-3-4-11-26(23)28)21-30(36)35(29)24-18-32(19-24)14-16-33(17-15-32)31(37)38/h3-6,8,10-12,22,24,28-29H,7,9,13-21H2,1-2H3,(H,37,38). The summed E-state index contributed by atoms with van der Waals surface area (Å²) >= 11 is 0. The van der Waals surface area contributed by atoms with Crippen LogP contribution >= 0.6 is 0 Å². The normalized spacial score (nSPS) is 25.9. The van der Waals surface area contributed by atoms with Crippen LogP contribution in [0.25, 0.3) is 0 Å². The number of carbonyl (C=O) groups excluding carboxylic acids is 1. The predicted octanol–water partition coefficient (Wildman–Crippen LogP) is 6.00. The Labute approximate surface area is 226 Å². The number of likely N-dealkylation sites (tertiary alicyclic amines) is 1. The molecule has 1 N–H and O–H groups in total. The monoisotopic (exact) mass is 515 g/mol. The van der Waals surface area contributed by atoms with Crippen LogP contribution < -0.4 is 0 Å². The first-order valence-corrected chi connectivity index (χ1v) is 14.5. The van der Waals surface area contributed by atoms with Crippen molar-refractivity contribution in [2.75, 3.05) is 26.2 Å². The van der Waals surface area contributed by atoms with Crippen molar-refractivity contribution in [3.63, 3.8) is 0 Å². The molecule has 2 aromatic carbocycles. The fourth-order valence-corrected chi connectivity index (χ4v) is 7.91. The van der Waals surface area contributed by atoms with Crippen LogP contribution in [-0.4, -0.2) is 64.0 Å². The van der Waals surface area contributed by atoms with Crippen LogP contribution in [0, 0.1) is 5.41 Å². The highest BCUT2D eigenvalue weighted by atomic mass is 16.4. The van der Waals surface area contributed by atoms with Gasteiger partial charge in [-0.05, 0) is 78.5 Å². The van der Waals surface area contributed by atoms with Gasteiger partial charge in [-0.25, -0.2) is 4.79 Å². The first kappa shape index (κ1) is 25.4. The molecule has 2 aromatic rings. The summed E-state index contributed by atoms with van der Waals surface area (Å²) in [5, 5.41) is 9.38. The number of carbonyl (C=O) groups is 2. The lowest BCUT2D eigenvalue weighted by molar-refractivity contribution is -0.154. The van der Waals surface area contributed by atoms with E-state index in [1.807, 2.05) is 0 Å². The third kappa shape index (κ3) is 4.51. The summed E-state index contributed by atoms with van der Waals surface area (Å²) < 4.78 is 0. The molecular weight excluding hydrogens is 474 g/mol. The van der Waals surface area contributed by atoms with Crippen molar-refractivity contribution in [3.05, 3.63) is 70.8 Å². The van der Waals surface area contributed by atoms with E-state index in [9.17, 15) is 14.7 Å². The second-order valence-electron chi connectivity index (χ2n) is 12.5. The number of aryl methyl sites for hydroxylation is 1. The van der Waals surface area contributed by atoms with Crippen molar-refractivity contribution in [2.24, 2.45) is 5.41 Å². The maximum Gasteiger partial charge on any atom is 0.407 e. The third-order valence-electron chi connectivity index (χ3n) is 9.95. The fraction of sp³-hybridized carbons (Fsp3) is 0.562. The Kier molecular flexibility index (Phi) is 6.71. The highest BCUT2D eigenvalue weighted by Crippen LogP contribution is 2.53. The smallest absolute Gasteiger partial charge is 0.407 e. The van der Waals surface area contributed by atoms with Gasteiger partial charge in [-0.3, -0.25) is 9.69 Å². The maximum absolute atomic E-state index is 14.1. The number of hydrogen-bond acceptors (Lipinski definition) is 3. The molecule has 2 unspecified atom stereocenters. The Morgan fingerprint density at radius 1 is 0.974 bits per heavy atom. The molecule has 1 saturated carbocycles. The zero-order chi connectivity index (χ0) is 26.4. The van der Waals surface area contributed by atoms with E-state index in [0.29, 0.717) is 31.6 Å². The maximum atomic E-state index is 14.1. The molecule has 0 aromatic heterocycles. The Bertz CT molecular complexity index is 1190. The first-order chi connectivity index (χ1) is 18.3. The van der Waals surface area contributed by atoms with Gasteiger partial charge in [0.1, 0.15) is 0 Å². The molecule has 38 heavy (non-hydrogen) atoms. The van der Waals surface area contributed by atoms with Gasteiger partial charge in [0.05, 0.1) is 12.6 Å². The van der Waals surface area contributed by atoms with Gasteiger partial charge in [-0.15, -0.1) is 0 Å². The lowest BCUT2D eigenvalue weighted by atomic mass is 9.59. The minimum absolute atomic E-state index is 0.0467. The van der Waals surface area contributed by atoms with Crippen molar-refractivity contribution >= 4 is 12.0 Å². The Morgan fingerprint density at radius 2 is 1.66 bits per heavy atom. The molecule has 2 atom stereocenters. The summed E-state index contributed by atoms with van der Waals surface area (Å²) in [7, 11) is 0. The van der Waals surface area contributed by atoms with Crippen LogP contribution in [0.5, 0.6) is 0 Å². The number of fused-ring (bicyclic) bond motifs is 1. The van der Waals surface area contributed by atoms with Crippen LogP contribution in [0.15, 0.2) is 48.5 Å². The van der Waals surface area contributed by atoms with Crippen molar-refractivity contribution in [1.82, 2.24) is 14.7 Å². The average molecular weight is 516 g/mol. The van der Waals surface area contributed by atoms with E-state index in [1.54, 1.807) is 4.90 Å². The molecule has 4 aliphatic rings. The highest BCUT2D eigenvalue weighted by molar-refractivity contribution is 5.80. The number of piperidine rings is 1. The van der Waals surface area contributed by atoms with E-state index in [4.69, 9.17) is 0 Å². The molecule has 3 fully saturated rings. The summed E-state index contributed by atoms with van der Waals surface area (Å²) in [6, 6.07) is 18.1. The van der Waals surface area contributed by atoms with Crippen molar-refractivity contribution in [3.8, 4) is 0 Å². The number of hydrogen-bond donors (Lipinski definition) is 1. The minimum atomic E-state index is -0.809. The van der Waals surface area contributed by atoms with Crippen molar-refractivity contribution in [1.29, 1.82) is 0 Å². The number of benzene rings is 2. The summed E-state index contributed by atoms with van der Waals surface area (Å²) in [6.07, 6.45) is 6.42. The molecule has 2 amide bonds. The molecule has 0 radical (unpaired) electrons. The number of nitrogens with zero attached hydrogens (tertiary/aromatic N) is 3. The van der Waals surface area contributed by atoms with Crippen LogP contribution in [0.2, 0.25) is 0 Å². The molecule has 6 heteroatoms. The summed E-state index contributed by atoms with van der Waals surface area (Å²) in [4.78, 5) is 31.8. The number of amides is 2. The van der Waals surface area contributed by atoms with Crippen LogP contribution in [-0.2, 0) is 11.2 Å². The first-order valence-electron chi connectivity index (χ1n) is 14.5. The van der Waals surface area contributed by atoms with E-state index in [0.717, 1.165) is 45.1 Å². The van der Waals surface area contributed by atoms with E-state index in [2.05, 4.69) is 72.2 Å². The molecule has 2 aliphatic carbocycles. The Morgan fingerprint density at radius 3 is 2.37 bits per heavy atom. The summed E-state index contributed by atoms with van der Waals surface area (Å²) in [5.41, 5.74) is 5.67. The average Bonchev–Trinajstić information content (AvgIpc) is 2.91. The quantitative estimate of drug-likeness (QED) is 0.543. The number of rotatable bonds is 4. The SMILES string of the molecule is CC(C)c1ccccc1C1CN(C2CCCc3ccccc32)CC(=O)N1C1CC2(CCN(C(=O)O)CC2)C1. The lowest BCUT2D eigenvalue weighted by Crippen LogP contribution is -2.62. The van der Waals surface area contributed by atoms with Gasteiger partial charge in [-0.2, -0.15) is 0 Å².